The van der Waals surface area contributed by atoms with Crippen LogP contribution in [0.15, 0.2) is 243 Å². The summed E-state index contributed by atoms with van der Waals surface area (Å²) in [6, 6.07) is 83.7. The van der Waals surface area contributed by atoms with E-state index in [1.807, 2.05) is 36.4 Å². The fourth-order valence-corrected chi connectivity index (χ4v) is 15.3. The molecule has 0 heteroatoms. The van der Waals surface area contributed by atoms with E-state index in [2.05, 4.69) is 220 Å². The van der Waals surface area contributed by atoms with E-state index >= 15 is 0 Å². The summed E-state index contributed by atoms with van der Waals surface area (Å²) in [6.45, 7) is 4.17. The summed E-state index contributed by atoms with van der Waals surface area (Å²) in [4.78, 5) is 0. The normalized spacial score (nSPS) is 17.2. The van der Waals surface area contributed by atoms with Crippen molar-refractivity contribution in [2.75, 3.05) is 0 Å². The Bertz CT molecular complexity index is 2400. The average molecular weight is 1230 g/mol. The lowest BCUT2D eigenvalue weighted by Gasteiger charge is -2.28. The van der Waals surface area contributed by atoms with E-state index in [1.165, 1.54) is 160 Å². The number of hydrogen-bond donors (Lipinski definition) is 0. The second-order valence-electron chi connectivity index (χ2n) is 28.5. The molecule has 492 valence electrons. The highest BCUT2D eigenvalue weighted by atomic mass is 14.3. The monoisotopic (exact) mass is 1230 g/mol. The summed E-state index contributed by atoms with van der Waals surface area (Å²) in [5.74, 6) is 6.73. The van der Waals surface area contributed by atoms with Crippen LogP contribution >= 0.6 is 0 Å². The molecule has 0 aliphatic heterocycles. The van der Waals surface area contributed by atoms with E-state index in [1.54, 1.807) is 96.3 Å². The summed E-state index contributed by atoms with van der Waals surface area (Å²) in [5.41, 5.74) is 10.9. The highest BCUT2D eigenvalue weighted by Crippen LogP contribution is 2.37. The van der Waals surface area contributed by atoms with Gasteiger partial charge < -0.3 is 0 Å². The Hall–Kier alpha value is -6.24. The molecular formula is C92H124. The van der Waals surface area contributed by atoms with Crippen LogP contribution in [0.4, 0.5) is 0 Å². The zero-order chi connectivity index (χ0) is 63.8. The van der Waals surface area contributed by atoms with E-state index in [4.69, 9.17) is 0 Å². The largest absolute Gasteiger partial charge is 0.0622 e. The van der Waals surface area contributed by atoms with Crippen molar-refractivity contribution in [3.8, 4) is 0 Å². The third kappa shape index (κ3) is 34.1. The molecule has 0 radical (unpaired) electrons. The summed E-state index contributed by atoms with van der Waals surface area (Å²) >= 11 is 0. The predicted molar refractivity (Wildman–Crippen MR) is 403 cm³/mol. The van der Waals surface area contributed by atoms with Gasteiger partial charge in [-0.15, -0.1) is 0 Å². The molecule has 8 aromatic carbocycles. The predicted octanol–water partition coefficient (Wildman–Crippen LogP) is 27.4. The Balaban J connectivity index is 0.000000150. The van der Waals surface area contributed by atoms with Crippen LogP contribution in [0.25, 0.3) is 0 Å². The van der Waals surface area contributed by atoms with Crippen LogP contribution in [0.2, 0.25) is 0 Å². The molecule has 0 nitrogen and oxygen atoms in total. The van der Waals surface area contributed by atoms with Crippen molar-refractivity contribution >= 4 is 0 Å². The molecule has 0 heterocycles. The maximum Gasteiger partial charge on any atom is -0.00258 e. The highest BCUT2D eigenvalue weighted by molar-refractivity contribution is 5.28. The van der Waals surface area contributed by atoms with Crippen molar-refractivity contribution in [3.05, 3.63) is 287 Å². The molecule has 0 atom stereocenters. The van der Waals surface area contributed by atoms with Crippen LogP contribution in [0, 0.1) is 49.4 Å². The summed E-state index contributed by atoms with van der Waals surface area (Å²) in [7, 11) is 0. The van der Waals surface area contributed by atoms with E-state index < -0.39 is 0 Å². The molecule has 6 fully saturated rings. The minimum atomic E-state index is 1.03. The van der Waals surface area contributed by atoms with Gasteiger partial charge in [-0.2, -0.15) is 0 Å². The number of aryl methyl sites for hydroxylation is 2. The van der Waals surface area contributed by atoms with Gasteiger partial charge in [-0.3, -0.25) is 0 Å². The highest BCUT2D eigenvalue weighted by Gasteiger charge is 2.23. The zero-order valence-electron chi connectivity index (χ0n) is 58.0. The fraction of sp³-hybridized carbons (Fsp3) is 0.478. The lowest BCUT2D eigenvalue weighted by molar-refractivity contribution is 0.244. The molecule has 0 unspecified atom stereocenters. The molecule has 6 aliphatic rings. The van der Waals surface area contributed by atoms with E-state index in [0.29, 0.717) is 0 Å². The molecule has 8 aromatic rings. The van der Waals surface area contributed by atoms with Gasteiger partial charge in [0.25, 0.3) is 0 Å². The van der Waals surface area contributed by atoms with Gasteiger partial charge in [0.2, 0.25) is 0 Å². The maximum absolute atomic E-state index is 2.16. The van der Waals surface area contributed by atoms with Crippen LogP contribution in [0.3, 0.4) is 0 Å². The summed E-state index contributed by atoms with van der Waals surface area (Å²) in [6.07, 6.45) is 53.9. The van der Waals surface area contributed by atoms with E-state index in [-0.39, 0.29) is 0 Å². The number of rotatable bonds is 12. The SMILES string of the molecule is C1CCC(CC2CCCCC2)CC1.C1CCC(CC2CCCCC2)CC1.C1CCC(CC2CCCCC2)CC1.Cc1ccccc1.Cc1ccccc1.c1ccc(Cc2ccccc2)cc1.c1ccc(Cc2ccccc2)cc1.c1ccc(Cc2ccccc2)cc1. The van der Waals surface area contributed by atoms with Crippen LogP contribution in [0.5, 0.6) is 0 Å². The molecule has 6 saturated carbocycles. The average Bonchev–Trinajstić information content (AvgIpc) is 3.83. The fourth-order valence-electron chi connectivity index (χ4n) is 15.3. The molecule has 0 N–H and O–H groups in total. The summed E-state index contributed by atoms with van der Waals surface area (Å²) < 4.78 is 0. The Morgan fingerprint density at radius 3 is 0.424 bits per heavy atom. The first-order valence-corrected chi connectivity index (χ1v) is 37.8. The first-order valence-electron chi connectivity index (χ1n) is 37.8. The maximum atomic E-state index is 2.16. The zero-order valence-corrected chi connectivity index (χ0v) is 58.0. The molecule has 0 bridgehead atoms. The van der Waals surface area contributed by atoms with E-state index in [0.717, 1.165) is 54.8 Å². The van der Waals surface area contributed by atoms with Crippen LogP contribution in [0.1, 0.15) is 256 Å². The van der Waals surface area contributed by atoms with Crippen molar-refractivity contribution in [2.45, 2.75) is 245 Å². The third-order valence-electron chi connectivity index (χ3n) is 20.5. The molecule has 0 saturated heterocycles. The minimum Gasteiger partial charge on any atom is -0.0622 e. The van der Waals surface area contributed by atoms with Crippen molar-refractivity contribution in [3.63, 3.8) is 0 Å². The lowest BCUT2D eigenvalue weighted by atomic mass is 9.78. The molecule has 14 rings (SSSR count). The Kier molecular flexibility index (Phi) is 37.9. The smallest absolute Gasteiger partial charge is 0.00258 e. The van der Waals surface area contributed by atoms with Gasteiger partial charge >= 0.3 is 0 Å². The van der Waals surface area contributed by atoms with Gasteiger partial charge in [0.1, 0.15) is 0 Å². The minimum absolute atomic E-state index is 1.03. The van der Waals surface area contributed by atoms with Gasteiger partial charge in [-0.05, 0) is 121 Å². The lowest BCUT2D eigenvalue weighted by Crippen LogP contribution is -2.14. The van der Waals surface area contributed by atoms with Crippen molar-refractivity contribution in [2.24, 2.45) is 35.5 Å². The molecule has 0 amide bonds. The first-order chi connectivity index (χ1) is 45.5. The standard InChI is InChI=1S/3C13H24.3C13H12.2C7H8/c6*1-3-7-12(8-4-1)11-13-9-5-2-6-10-13;2*1-7-5-3-2-4-6-7/h3*12-13H,1-11H2;3*1-10H,11H2;2*2-6H,1H3. The molecule has 0 spiro atoms. The van der Waals surface area contributed by atoms with Crippen molar-refractivity contribution in [1.29, 1.82) is 0 Å². The van der Waals surface area contributed by atoms with Crippen LogP contribution in [-0.4, -0.2) is 0 Å². The molecule has 0 aromatic heterocycles. The Morgan fingerprint density at radius 2 is 0.304 bits per heavy atom. The van der Waals surface area contributed by atoms with Gasteiger partial charge in [-0.25, -0.2) is 0 Å². The van der Waals surface area contributed by atoms with Gasteiger partial charge in [0.05, 0.1) is 0 Å². The summed E-state index contributed by atoms with van der Waals surface area (Å²) in [5, 5.41) is 0. The second-order valence-corrected chi connectivity index (χ2v) is 28.5. The second kappa shape index (κ2) is 47.6. The molecule has 92 heavy (non-hydrogen) atoms. The van der Waals surface area contributed by atoms with Gasteiger partial charge in [-0.1, -0.05) is 446 Å². The molecular weight excluding hydrogens is 1110 g/mol. The Labute approximate surface area is 564 Å². The first kappa shape index (κ1) is 73.2. The number of benzene rings is 8. The van der Waals surface area contributed by atoms with Gasteiger partial charge in [0, 0.05) is 0 Å². The number of hydrogen-bond acceptors (Lipinski definition) is 0. The topological polar surface area (TPSA) is 0 Å². The van der Waals surface area contributed by atoms with Crippen LogP contribution in [-0.2, 0) is 19.3 Å². The van der Waals surface area contributed by atoms with E-state index in [9.17, 15) is 0 Å². The van der Waals surface area contributed by atoms with Crippen molar-refractivity contribution in [1.82, 2.24) is 0 Å². The van der Waals surface area contributed by atoms with Gasteiger partial charge in [0.15, 0.2) is 0 Å². The Morgan fingerprint density at radius 1 is 0.174 bits per heavy atom. The molecule has 6 aliphatic carbocycles. The third-order valence-corrected chi connectivity index (χ3v) is 20.5. The van der Waals surface area contributed by atoms with Crippen LogP contribution < -0.4 is 0 Å². The quantitative estimate of drug-likeness (QED) is 0.114. The van der Waals surface area contributed by atoms with Crippen molar-refractivity contribution < 1.29 is 0 Å².